The van der Waals surface area contributed by atoms with Gasteiger partial charge in [0.2, 0.25) is 6.10 Å². The topological polar surface area (TPSA) is 50.7 Å². The van der Waals surface area contributed by atoms with Crippen molar-refractivity contribution in [2.75, 3.05) is 5.32 Å². The summed E-state index contributed by atoms with van der Waals surface area (Å²) in [4.78, 5) is 17.5. The van der Waals surface area contributed by atoms with Crippen molar-refractivity contribution in [3.05, 3.63) is 64.1 Å². The van der Waals surface area contributed by atoms with Crippen LogP contribution in [0.25, 0.3) is 0 Å². The van der Waals surface area contributed by atoms with Gasteiger partial charge < -0.3 is 10.2 Å². The molecule has 0 aliphatic carbocycles. The number of amides is 1. The minimum Gasteiger partial charge on any atom is -0.382 e. The molecule has 1 amide bonds. The zero-order chi connectivity index (χ0) is 15.5. The molecule has 0 aromatic heterocycles. The van der Waals surface area contributed by atoms with Crippen LogP contribution < -0.4 is 5.32 Å². The van der Waals surface area contributed by atoms with Crippen molar-refractivity contribution in [2.24, 2.45) is 5.16 Å². The summed E-state index contributed by atoms with van der Waals surface area (Å²) in [6.07, 6.45) is -0.247. The maximum atomic E-state index is 12.2. The Labute approximate surface area is 137 Å². The molecule has 1 unspecified atom stereocenters. The second-order valence-corrected chi connectivity index (χ2v) is 5.66. The molecule has 22 heavy (non-hydrogen) atoms. The van der Waals surface area contributed by atoms with E-state index in [2.05, 4.69) is 10.5 Å². The molecule has 3 rings (SSSR count). The number of nitrogens with zero attached hydrogens (tertiary/aromatic N) is 1. The van der Waals surface area contributed by atoms with Gasteiger partial charge in [0.25, 0.3) is 5.91 Å². The van der Waals surface area contributed by atoms with Crippen molar-refractivity contribution in [1.29, 1.82) is 0 Å². The summed E-state index contributed by atoms with van der Waals surface area (Å²) in [6, 6.07) is 14.5. The largest absolute Gasteiger partial charge is 0.382 e. The van der Waals surface area contributed by atoms with Gasteiger partial charge in [0, 0.05) is 11.4 Å². The molecule has 0 fully saturated rings. The molecule has 0 saturated heterocycles. The van der Waals surface area contributed by atoms with Gasteiger partial charge in [-0.15, -0.1) is 0 Å². The predicted molar refractivity (Wildman–Crippen MR) is 87.6 cm³/mol. The van der Waals surface area contributed by atoms with Crippen LogP contribution in [0.5, 0.6) is 0 Å². The number of rotatable bonds is 3. The Morgan fingerprint density at radius 1 is 1.18 bits per heavy atom. The quantitative estimate of drug-likeness (QED) is 0.917. The van der Waals surface area contributed by atoms with Gasteiger partial charge in [-0.2, -0.15) is 0 Å². The molecule has 1 aliphatic rings. The van der Waals surface area contributed by atoms with E-state index < -0.39 is 6.10 Å². The van der Waals surface area contributed by atoms with Crippen molar-refractivity contribution in [2.45, 2.75) is 12.5 Å². The third-order valence-corrected chi connectivity index (χ3v) is 3.81. The summed E-state index contributed by atoms with van der Waals surface area (Å²) in [6.45, 7) is 0. The van der Waals surface area contributed by atoms with Gasteiger partial charge in [-0.3, -0.25) is 4.79 Å². The Balaban J connectivity index is 1.65. The second kappa shape index (κ2) is 6.38. The molecule has 2 aromatic carbocycles. The number of halogens is 2. The first-order valence-electron chi connectivity index (χ1n) is 6.67. The van der Waals surface area contributed by atoms with Crippen molar-refractivity contribution in [1.82, 2.24) is 0 Å². The van der Waals surface area contributed by atoms with E-state index in [1.54, 1.807) is 18.2 Å². The molecule has 1 N–H and O–H groups in total. The van der Waals surface area contributed by atoms with Crippen molar-refractivity contribution < 1.29 is 9.63 Å². The molecule has 4 nitrogen and oxygen atoms in total. The zero-order valence-corrected chi connectivity index (χ0v) is 12.9. The van der Waals surface area contributed by atoms with Crippen molar-refractivity contribution in [3.8, 4) is 0 Å². The normalized spacial score (nSPS) is 16.8. The summed E-state index contributed by atoms with van der Waals surface area (Å²) in [5.41, 5.74) is 2.19. The number of hydrogen-bond acceptors (Lipinski definition) is 3. The Bertz CT molecular complexity index is 732. The van der Waals surface area contributed by atoms with Crippen LogP contribution in [-0.4, -0.2) is 17.7 Å². The van der Waals surface area contributed by atoms with Crippen molar-refractivity contribution >= 4 is 40.5 Å². The highest BCUT2D eigenvalue weighted by atomic mass is 35.5. The molecular weight excluding hydrogens is 323 g/mol. The van der Waals surface area contributed by atoms with Crippen LogP contribution in [0.3, 0.4) is 0 Å². The number of nitrogens with one attached hydrogen (secondary N) is 1. The number of hydrogen-bond donors (Lipinski definition) is 1. The Morgan fingerprint density at radius 2 is 1.95 bits per heavy atom. The first kappa shape index (κ1) is 14.9. The first-order chi connectivity index (χ1) is 10.6. The van der Waals surface area contributed by atoms with Gasteiger partial charge in [-0.1, -0.05) is 58.7 Å². The third-order valence-electron chi connectivity index (χ3n) is 3.26. The smallest absolute Gasteiger partial charge is 0.268 e. The molecule has 1 aliphatic heterocycles. The average Bonchev–Trinajstić information content (AvgIpc) is 3.01. The maximum absolute atomic E-state index is 12.2. The van der Waals surface area contributed by atoms with E-state index >= 15 is 0 Å². The summed E-state index contributed by atoms with van der Waals surface area (Å²) >= 11 is 11.9. The SMILES string of the molecule is O=C(Nc1ccc(Cl)cc1Cl)C1CC(c2ccccc2)=NO1. The third kappa shape index (κ3) is 3.24. The highest BCUT2D eigenvalue weighted by Crippen LogP contribution is 2.26. The monoisotopic (exact) mass is 334 g/mol. The molecule has 0 radical (unpaired) electrons. The number of carbonyl (C=O) groups is 1. The van der Waals surface area contributed by atoms with Crippen LogP contribution in [0.2, 0.25) is 10.0 Å². The average molecular weight is 335 g/mol. The lowest BCUT2D eigenvalue weighted by atomic mass is 10.0. The first-order valence-corrected chi connectivity index (χ1v) is 7.43. The molecule has 0 spiro atoms. The van der Waals surface area contributed by atoms with Crippen LogP contribution in [0, 0.1) is 0 Å². The minimum atomic E-state index is -0.665. The highest BCUT2D eigenvalue weighted by molar-refractivity contribution is 6.36. The van der Waals surface area contributed by atoms with E-state index in [4.69, 9.17) is 28.0 Å². The molecule has 0 bridgehead atoms. The predicted octanol–water partition coefficient (Wildman–Crippen LogP) is 4.13. The fourth-order valence-electron chi connectivity index (χ4n) is 2.12. The molecule has 1 atom stereocenters. The van der Waals surface area contributed by atoms with Crippen LogP contribution in [0.4, 0.5) is 5.69 Å². The van der Waals surface area contributed by atoms with Gasteiger partial charge in [0.05, 0.1) is 16.4 Å². The van der Waals surface area contributed by atoms with Gasteiger partial charge in [-0.05, 0) is 23.8 Å². The molecule has 112 valence electrons. The number of anilines is 1. The van der Waals surface area contributed by atoms with Crippen molar-refractivity contribution in [3.63, 3.8) is 0 Å². The van der Waals surface area contributed by atoms with E-state index in [1.165, 1.54) is 0 Å². The number of oxime groups is 1. The fraction of sp³-hybridized carbons (Fsp3) is 0.125. The Kier molecular flexibility index (Phi) is 4.32. The summed E-state index contributed by atoms with van der Waals surface area (Å²) in [7, 11) is 0. The van der Waals surface area contributed by atoms with Gasteiger partial charge in [0.1, 0.15) is 0 Å². The van der Waals surface area contributed by atoms with Gasteiger partial charge in [0.15, 0.2) is 0 Å². The second-order valence-electron chi connectivity index (χ2n) is 4.82. The van der Waals surface area contributed by atoms with Crippen LogP contribution >= 0.6 is 23.2 Å². The molecule has 1 heterocycles. The van der Waals surface area contributed by atoms with Crippen LogP contribution in [0.1, 0.15) is 12.0 Å². The Morgan fingerprint density at radius 3 is 2.68 bits per heavy atom. The van der Waals surface area contributed by atoms with Gasteiger partial charge >= 0.3 is 0 Å². The van der Waals surface area contributed by atoms with E-state index in [9.17, 15) is 4.79 Å². The molecule has 2 aromatic rings. The maximum Gasteiger partial charge on any atom is 0.268 e. The number of benzene rings is 2. The standard InChI is InChI=1S/C16H12Cl2N2O2/c17-11-6-7-13(12(18)8-11)19-16(21)15-9-14(20-22-15)10-4-2-1-3-5-10/h1-8,15H,9H2,(H,19,21). The molecule has 6 heteroatoms. The van der Waals surface area contributed by atoms with E-state index in [-0.39, 0.29) is 5.91 Å². The minimum absolute atomic E-state index is 0.293. The van der Waals surface area contributed by atoms with Crippen LogP contribution in [0.15, 0.2) is 53.7 Å². The zero-order valence-electron chi connectivity index (χ0n) is 11.4. The lowest BCUT2D eigenvalue weighted by molar-refractivity contribution is -0.125. The lowest BCUT2D eigenvalue weighted by Crippen LogP contribution is -2.28. The number of carbonyl (C=O) groups excluding carboxylic acids is 1. The van der Waals surface area contributed by atoms with E-state index in [0.29, 0.717) is 22.2 Å². The Hall–Kier alpha value is -2.04. The van der Waals surface area contributed by atoms with Crippen LogP contribution in [-0.2, 0) is 9.63 Å². The summed E-state index contributed by atoms with van der Waals surface area (Å²) < 4.78 is 0. The van der Waals surface area contributed by atoms with E-state index in [1.807, 2.05) is 30.3 Å². The highest BCUT2D eigenvalue weighted by Gasteiger charge is 2.29. The fourth-order valence-corrected chi connectivity index (χ4v) is 2.58. The summed E-state index contributed by atoms with van der Waals surface area (Å²) in [5.74, 6) is -0.293. The lowest BCUT2D eigenvalue weighted by Gasteiger charge is -2.10. The molecule has 0 saturated carbocycles. The molecular formula is C16H12Cl2N2O2. The van der Waals surface area contributed by atoms with Gasteiger partial charge in [-0.25, -0.2) is 0 Å². The summed E-state index contributed by atoms with van der Waals surface area (Å²) in [5, 5.41) is 7.60. The van der Waals surface area contributed by atoms with E-state index in [0.717, 1.165) is 11.3 Å².